The maximum Gasteiger partial charge on any atom is -0.00264 e. The summed E-state index contributed by atoms with van der Waals surface area (Å²) >= 11 is 0. The van der Waals surface area contributed by atoms with Gasteiger partial charge in [-0.1, -0.05) is 182 Å². The van der Waals surface area contributed by atoms with E-state index in [1.54, 1.807) is 0 Å². The minimum Gasteiger partial charge on any atom is -0.0622 e. The van der Waals surface area contributed by atoms with Crippen molar-refractivity contribution in [1.29, 1.82) is 0 Å². The topological polar surface area (TPSA) is 0 Å². The first kappa shape index (κ1) is 25.9. The summed E-state index contributed by atoms with van der Waals surface area (Å²) in [5, 5.41) is 5.08. The van der Waals surface area contributed by atoms with Gasteiger partial charge in [-0.25, -0.2) is 0 Å². The summed E-state index contributed by atoms with van der Waals surface area (Å²) < 4.78 is 0. The summed E-state index contributed by atoms with van der Waals surface area (Å²) in [6.07, 6.45) is 0. The molecule has 0 amide bonds. The lowest BCUT2D eigenvalue weighted by Gasteiger charge is -2.18. The summed E-state index contributed by atoms with van der Waals surface area (Å²) in [6.45, 7) is 0. The van der Waals surface area contributed by atoms with Crippen LogP contribution in [0.25, 0.3) is 77.2 Å². The lowest BCUT2D eigenvalue weighted by atomic mass is 9.85. The van der Waals surface area contributed by atoms with E-state index in [0.29, 0.717) is 0 Å². The van der Waals surface area contributed by atoms with Crippen LogP contribution in [0.5, 0.6) is 0 Å². The molecule has 8 aromatic rings. The second kappa shape index (κ2) is 11.2. The largest absolute Gasteiger partial charge is 0.0622 e. The van der Waals surface area contributed by atoms with Gasteiger partial charge in [-0.15, -0.1) is 0 Å². The fraction of sp³-hybridized carbons (Fsp3) is 0. The summed E-state index contributed by atoms with van der Waals surface area (Å²) in [7, 11) is 0. The molecule has 0 heteroatoms. The zero-order chi connectivity index (χ0) is 29.3. The van der Waals surface area contributed by atoms with Crippen molar-refractivity contribution < 1.29 is 0 Å². The number of hydrogen-bond acceptors (Lipinski definition) is 0. The first-order valence-electron chi connectivity index (χ1n) is 15.2. The Morgan fingerprint density at radius 1 is 0.182 bits per heavy atom. The molecule has 0 saturated heterocycles. The Morgan fingerprint density at radius 2 is 0.455 bits per heavy atom. The summed E-state index contributed by atoms with van der Waals surface area (Å²) in [5.74, 6) is 0. The third kappa shape index (κ3) is 4.58. The predicted octanol–water partition coefficient (Wildman–Crippen LogP) is 12.3. The molecule has 0 bridgehead atoms. The number of fused-ring (bicyclic) bond motifs is 2. The van der Waals surface area contributed by atoms with E-state index in [1.807, 2.05) is 0 Å². The highest BCUT2D eigenvalue weighted by Gasteiger charge is 2.17. The van der Waals surface area contributed by atoms with Crippen molar-refractivity contribution in [3.05, 3.63) is 182 Å². The van der Waals surface area contributed by atoms with Gasteiger partial charge in [-0.3, -0.25) is 0 Å². The molecule has 0 unspecified atom stereocenters. The van der Waals surface area contributed by atoms with E-state index in [0.717, 1.165) is 0 Å². The highest BCUT2D eigenvalue weighted by Crippen LogP contribution is 2.44. The minimum atomic E-state index is 1.22. The molecule has 0 aliphatic carbocycles. The fourth-order valence-corrected chi connectivity index (χ4v) is 6.63. The van der Waals surface area contributed by atoms with Gasteiger partial charge in [0.2, 0.25) is 0 Å². The van der Waals surface area contributed by atoms with Crippen molar-refractivity contribution in [2.75, 3.05) is 0 Å². The van der Waals surface area contributed by atoms with Gasteiger partial charge >= 0.3 is 0 Å². The highest BCUT2D eigenvalue weighted by atomic mass is 14.2. The Morgan fingerprint density at radius 3 is 0.886 bits per heavy atom. The van der Waals surface area contributed by atoms with Crippen LogP contribution in [0.1, 0.15) is 0 Å². The standard InChI is InChI=1S/C44H30/c1-3-13-31(14-4-1)32-23-27-35(28-24-32)43-39-19-9-11-21-41(39)44(42-22-12-10-20-40(42)43)36-29-25-34(26-30-36)38-18-8-7-17-37(38)33-15-5-2-6-16-33/h1-30H. The molecule has 0 fully saturated rings. The maximum absolute atomic E-state index is 2.29. The van der Waals surface area contributed by atoms with Crippen molar-refractivity contribution >= 4 is 21.5 Å². The van der Waals surface area contributed by atoms with Crippen molar-refractivity contribution in [3.8, 4) is 55.6 Å². The molecule has 0 aliphatic heterocycles. The molecule has 0 nitrogen and oxygen atoms in total. The van der Waals surface area contributed by atoms with Crippen LogP contribution in [-0.4, -0.2) is 0 Å². The molecule has 0 atom stereocenters. The van der Waals surface area contributed by atoms with E-state index in [1.165, 1.54) is 77.2 Å². The first-order valence-corrected chi connectivity index (χ1v) is 15.2. The molecular weight excluding hydrogens is 528 g/mol. The third-order valence-corrected chi connectivity index (χ3v) is 8.71. The van der Waals surface area contributed by atoms with Crippen LogP contribution < -0.4 is 0 Å². The van der Waals surface area contributed by atoms with Gasteiger partial charge in [0.15, 0.2) is 0 Å². The van der Waals surface area contributed by atoms with Crippen LogP contribution in [0.4, 0.5) is 0 Å². The van der Waals surface area contributed by atoms with Crippen molar-refractivity contribution in [3.63, 3.8) is 0 Å². The Balaban J connectivity index is 1.27. The van der Waals surface area contributed by atoms with E-state index < -0.39 is 0 Å². The molecule has 206 valence electrons. The van der Waals surface area contributed by atoms with Crippen LogP contribution in [0.2, 0.25) is 0 Å². The molecule has 0 saturated carbocycles. The highest BCUT2D eigenvalue weighted by molar-refractivity contribution is 6.21. The van der Waals surface area contributed by atoms with Gasteiger partial charge in [-0.05, 0) is 77.2 Å². The van der Waals surface area contributed by atoms with E-state index in [9.17, 15) is 0 Å². The molecular formula is C44H30. The lowest BCUT2D eigenvalue weighted by Crippen LogP contribution is -1.91. The third-order valence-electron chi connectivity index (χ3n) is 8.71. The Kier molecular flexibility index (Phi) is 6.59. The van der Waals surface area contributed by atoms with Gasteiger partial charge < -0.3 is 0 Å². The molecule has 8 rings (SSSR count). The van der Waals surface area contributed by atoms with Crippen molar-refractivity contribution in [2.45, 2.75) is 0 Å². The fourth-order valence-electron chi connectivity index (χ4n) is 6.63. The maximum atomic E-state index is 2.29. The molecule has 0 aromatic heterocycles. The smallest absolute Gasteiger partial charge is 0.00264 e. The second-order valence-corrected chi connectivity index (χ2v) is 11.3. The van der Waals surface area contributed by atoms with E-state index in [2.05, 4.69) is 182 Å². The van der Waals surface area contributed by atoms with Gasteiger partial charge in [0, 0.05) is 0 Å². The number of hydrogen-bond donors (Lipinski definition) is 0. The SMILES string of the molecule is c1ccc(-c2ccc(-c3c4ccccc4c(-c4ccc(-c5ccccc5-c5ccccc5)cc4)c4ccccc34)cc2)cc1. The summed E-state index contributed by atoms with van der Waals surface area (Å²) in [5.41, 5.74) is 12.4. The van der Waals surface area contributed by atoms with Gasteiger partial charge in [0.05, 0.1) is 0 Å². The Bertz CT molecular complexity index is 2170. The summed E-state index contributed by atoms with van der Waals surface area (Å²) in [4.78, 5) is 0. The van der Waals surface area contributed by atoms with Crippen molar-refractivity contribution in [2.24, 2.45) is 0 Å². The average molecular weight is 559 g/mol. The average Bonchev–Trinajstić information content (AvgIpc) is 3.11. The van der Waals surface area contributed by atoms with Gasteiger partial charge in [-0.2, -0.15) is 0 Å². The van der Waals surface area contributed by atoms with Crippen LogP contribution in [-0.2, 0) is 0 Å². The first-order chi connectivity index (χ1) is 21.8. The van der Waals surface area contributed by atoms with Crippen LogP contribution in [0.3, 0.4) is 0 Å². The van der Waals surface area contributed by atoms with Gasteiger partial charge in [0.1, 0.15) is 0 Å². The minimum absolute atomic E-state index is 1.22. The summed E-state index contributed by atoms with van der Waals surface area (Å²) in [6, 6.07) is 65.8. The second-order valence-electron chi connectivity index (χ2n) is 11.3. The van der Waals surface area contributed by atoms with Crippen LogP contribution in [0, 0.1) is 0 Å². The van der Waals surface area contributed by atoms with E-state index in [-0.39, 0.29) is 0 Å². The number of benzene rings is 8. The van der Waals surface area contributed by atoms with Gasteiger partial charge in [0.25, 0.3) is 0 Å². The van der Waals surface area contributed by atoms with Crippen LogP contribution >= 0.6 is 0 Å². The molecule has 0 N–H and O–H groups in total. The van der Waals surface area contributed by atoms with Crippen LogP contribution in [0.15, 0.2) is 182 Å². The molecule has 0 spiro atoms. The zero-order valence-electron chi connectivity index (χ0n) is 24.3. The quantitative estimate of drug-likeness (QED) is 0.184. The van der Waals surface area contributed by atoms with E-state index >= 15 is 0 Å². The molecule has 0 heterocycles. The van der Waals surface area contributed by atoms with E-state index in [4.69, 9.17) is 0 Å². The zero-order valence-corrected chi connectivity index (χ0v) is 24.3. The normalized spacial score (nSPS) is 11.2. The monoisotopic (exact) mass is 558 g/mol. The van der Waals surface area contributed by atoms with Crippen molar-refractivity contribution in [1.82, 2.24) is 0 Å². The molecule has 44 heavy (non-hydrogen) atoms. The predicted molar refractivity (Wildman–Crippen MR) is 189 cm³/mol. The molecule has 0 aliphatic rings. The molecule has 0 radical (unpaired) electrons. The molecule has 8 aromatic carbocycles. The lowest BCUT2D eigenvalue weighted by molar-refractivity contribution is 1.58. The Hall–Kier alpha value is -5.72. The Labute approximate surface area is 258 Å². The number of rotatable bonds is 5.